The molecular formula is C21H16N2O4. The molecule has 0 unspecified atom stereocenters. The molecule has 0 bridgehead atoms. The second kappa shape index (κ2) is 6.10. The van der Waals surface area contributed by atoms with Crippen LogP contribution >= 0.6 is 0 Å². The van der Waals surface area contributed by atoms with Crippen LogP contribution in [0.25, 0.3) is 0 Å². The van der Waals surface area contributed by atoms with Crippen LogP contribution in [-0.2, 0) is 13.1 Å². The fraction of sp³-hybridized carbons (Fsp3) is 0.143. The molecular weight excluding hydrogens is 344 g/mol. The van der Waals surface area contributed by atoms with Crippen molar-refractivity contribution in [2.24, 2.45) is 0 Å². The molecule has 3 heterocycles. The van der Waals surface area contributed by atoms with E-state index in [1.165, 1.54) is 4.90 Å². The minimum Gasteiger partial charge on any atom is -0.476 e. The Morgan fingerprint density at radius 2 is 1.67 bits per heavy atom. The van der Waals surface area contributed by atoms with Gasteiger partial charge in [-0.15, -0.1) is 0 Å². The Labute approximate surface area is 155 Å². The molecule has 2 amide bonds. The van der Waals surface area contributed by atoms with Gasteiger partial charge in [0.05, 0.1) is 29.6 Å². The van der Waals surface area contributed by atoms with Crippen LogP contribution in [0.15, 0.2) is 65.3 Å². The zero-order valence-electron chi connectivity index (χ0n) is 14.4. The largest absolute Gasteiger partial charge is 0.476 e. The smallest absolute Gasteiger partial charge is 0.266 e. The van der Waals surface area contributed by atoms with Crippen molar-refractivity contribution in [1.82, 2.24) is 4.90 Å². The quantitative estimate of drug-likeness (QED) is 0.670. The van der Waals surface area contributed by atoms with Crippen LogP contribution in [0, 0.1) is 0 Å². The number of fused-ring (bicyclic) bond motifs is 2. The molecule has 0 radical (unpaired) electrons. The monoisotopic (exact) mass is 360 g/mol. The molecule has 1 aromatic heterocycles. The van der Waals surface area contributed by atoms with Gasteiger partial charge in [-0.2, -0.15) is 0 Å². The number of amides is 2. The number of carbonyl (C=O) groups excluding carboxylic acids is 2. The first-order chi connectivity index (χ1) is 13.2. The lowest BCUT2D eigenvalue weighted by molar-refractivity contribution is 0.0815. The molecule has 2 aromatic carbocycles. The number of ether oxygens (including phenoxy) is 1. The molecule has 0 atom stereocenters. The van der Waals surface area contributed by atoms with Crippen LogP contribution in [0.1, 0.15) is 32.0 Å². The minimum absolute atomic E-state index is 0.314. The fourth-order valence-corrected chi connectivity index (χ4v) is 3.61. The summed E-state index contributed by atoms with van der Waals surface area (Å²) in [7, 11) is 0. The van der Waals surface area contributed by atoms with Gasteiger partial charge >= 0.3 is 0 Å². The molecule has 0 spiro atoms. The Balaban J connectivity index is 1.47. The van der Waals surface area contributed by atoms with E-state index < -0.39 is 0 Å². The molecule has 2 aliphatic heterocycles. The lowest BCUT2D eigenvalue weighted by atomic mass is 10.1. The number of imide groups is 1. The Morgan fingerprint density at radius 1 is 0.889 bits per heavy atom. The van der Waals surface area contributed by atoms with E-state index in [2.05, 4.69) is 4.90 Å². The maximum Gasteiger partial charge on any atom is 0.266 e. The summed E-state index contributed by atoms with van der Waals surface area (Å²) < 4.78 is 11.4. The van der Waals surface area contributed by atoms with Gasteiger partial charge in [-0.3, -0.25) is 14.5 Å². The fourth-order valence-electron chi connectivity index (χ4n) is 3.61. The van der Waals surface area contributed by atoms with E-state index in [0.29, 0.717) is 42.4 Å². The third-order valence-electron chi connectivity index (χ3n) is 4.86. The minimum atomic E-state index is -0.314. The SMILES string of the molecule is O=C1c2ccccc2C(=O)N1c1cccc2c1OCN(Cc1ccco1)C2. The highest BCUT2D eigenvalue weighted by molar-refractivity contribution is 6.34. The van der Waals surface area contributed by atoms with Crippen LogP contribution in [0.2, 0.25) is 0 Å². The molecule has 0 aliphatic carbocycles. The topological polar surface area (TPSA) is 63.0 Å². The Hall–Kier alpha value is -3.38. The van der Waals surface area contributed by atoms with E-state index in [9.17, 15) is 9.59 Å². The van der Waals surface area contributed by atoms with Crippen LogP contribution in [-0.4, -0.2) is 23.4 Å². The number of anilines is 1. The van der Waals surface area contributed by atoms with Crippen molar-refractivity contribution in [2.45, 2.75) is 13.1 Å². The number of furan rings is 1. The Morgan fingerprint density at radius 3 is 2.37 bits per heavy atom. The van der Waals surface area contributed by atoms with E-state index in [-0.39, 0.29) is 11.8 Å². The molecule has 0 N–H and O–H groups in total. The van der Waals surface area contributed by atoms with Crippen molar-refractivity contribution in [3.05, 3.63) is 83.3 Å². The molecule has 6 heteroatoms. The third-order valence-corrected chi connectivity index (χ3v) is 4.86. The Kier molecular flexibility index (Phi) is 3.58. The summed E-state index contributed by atoms with van der Waals surface area (Å²) in [4.78, 5) is 28.9. The molecule has 3 aromatic rings. The number of carbonyl (C=O) groups is 2. The Bertz CT molecular complexity index is 1010. The van der Waals surface area contributed by atoms with Crippen molar-refractivity contribution in [3.8, 4) is 5.75 Å². The first kappa shape index (κ1) is 15.8. The van der Waals surface area contributed by atoms with Crippen LogP contribution in [0.4, 0.5) is 5.69 Å². The summed E-state index contributed by atoms with van der Waals surface area (Å²) in [5.74, 6) is 0.817. The highest BCUT2D eigenvalue weighted by Gasteiger charge is 2.38. The number of hydrogen-bond donors (Lipinski definition) is 0. The normalized spacial score (nSPS) is 16.2. The average molecular weight is 360 g/mol. The first-order valence-corrected chi connectivity index (χ1v) is 8.69. The van der Waals surface area contributed by atoms with E-state index in [1.54, 1.807) is 36.6 Å². The number of hydrogen-bond acceptors (Lipinski definition) is 5. The summed E-state index contributed by atoms with van der Waals surface area (Å²) in [6.45, 7) is 1.63. The van der Waals surface area contributed by atoms with E-state index in [1.807, 2.05) is 24.3 Å². The molecule has 27 heavy (non-hydrogen) atoms. The molecule has 0 fully saturated rings. The van der Waals surface area contributed by atoms with E-state index in [4.69, 9.17) is 9.15 Å². The predicted octanol–water partition coefficient (Wildman–Crippen LogP) is 3.43. The number of rotatable bonds is 3. The predicted molar refractivity (Wildman–Crippen MR) is 97.5 cm³/mol. The highest BCUT2D eigenvalue weighted by atomic mass is 16.5. The standard InChI is InChI=1S/C21H16N2O4/c24-20-16-7-1-2-8-17(16)21(25)23(20)18-9-3-5-14-11-22(13-27-19(14)18)12-15-6-4-10-26-15/h1-10H,11-13H2. The summed E-state index contributed by atoms with van der Waals surface area (Å²) in [6, 6.07) is 16.2. The molecule has 0 saturated carbocycles. The average Bonchev–Trinajstić information content (AvgIpc) is 3.29. The van der Waals surface area contributed by atoms with Crippen molar-refractivity contribution in [1.29, 1.82) is 0 Å². The van der Waals surface area contributed by atoms with Crippen molar-refractivity contribution in [2.75, 3.05) is 11.6 Å². The van der Waals surface area contributed by atoms with E-state index >= 15 is 0 Å². The molecule has 6 nitrogen and oxygen atoms in total. The summed E-state index contributed by atoms with van der Waals surface area (Å²) in [5, 5.41) is 0. The molecule has 0 saturated heterocycles. The van der Waals surface area contributed by atoms with Crippen LogP contribution in [0.3, 0.4) is 0 Å². The first-order valence-electron chi connectivity index (χ1n) is 8.69. The zero-order valence-corrected chi connectivity index (χ0v) is 14.4. The maximum atomic E-state index is 12.8. The summed E-state index contributed by atoms with van der Waals surface area (Å²) in [5.41, 5.74) is 2.28. The lowest BCUT2D eigenvalue weighted by Crippen LogP contribution is -2.34. The lowest BCUT2D eigenvalue weighted by Gasteiger charge is -2.30. The molecule has 5 rings (SSSR count). The van der Waals surface area contributed by atoms with Gasteiger partial charge in [0.2, 0.25) is 0 Å². The second-order valence-electron chi connectivity index (χ2n) is 6.60. The molecule has 134 valence electrons. The summed E-state index contributed by atoms with van der Waals surface area (Å²) >= 11 is 0. The van der Waals surface area contributed by atoms with Crippen LogP contribution < -0.4 is 9.64 Å². The number of nitrogens with zero attached hydrogens (tertiary/aromatic N) is 2. The van der Waals surface area contributed by atoms with E-state index in [0.717, 1.165) is 11.3 Å². The van der Waals surface area contributed by atoms with Crippen molar-refractivity contribution >= 4 is 17.5 Å². The van der Waals surface area contributed by atoms with Gasteiger partial charge < -0.3 is 9.15 Å². The van der Waals surface area contributed by atoms with Gasteiger partial charge in [-0.05, 0) is 30.3 Å². The van der Waals surface area contributed by atoms with Crippen molar-refractivity contribution < 1.29 is 18.7 Å². The number of benzene rings is 2. The summed E-state index contributed by atoms with van der Waals surface area (Å²) in [6.07, 6.45) is 1.65. The van der Waals surface area contributed by atoms with Gasteiger partial charge in [-0.25, -0.2) is 4.90 Å². The van der Waals surface area contributed by atoms with Gasteiger partial charge in [0.1, 0.15) is 18.2 Å². The van der Waals surface area contributed by atoms with Crippen molar-refractivity contribution in [3.63, 3.8) is 0 Å². The van der Waals surface area contributed by atoms with Gasteiger partial charge in [0.15, 0.2) is 0 Å². The van der Waals surface area contributed by atoms with Gasteiger partial charge in [0, 0.05) is 12.1 Å². The molecule has 2 aliphatic rings. The second-order valence-corrected chi connectivity index (χ2v) is 6.60. The highest BCUT2D eigenvalue weighted by Crippen LogP contribution is 2.39. The van der Waals surface area contributed by atoms with Gasteiger partial charge in [-0.1, -0.05) is 24.3 Å². The number of para-hydroxylation sites is 1. The van der Waals surface area contributed by atoms with Gasteiger partial charge in [0.25, 0.3) is 11.8 Å². The third kappa shape index (κ3) is 2.53. The van der Waals surface area contributed by atoms with Crippen LogP contribution in [0.5, 0.6) is 5.75 Å². The maximum absolute atomic E-state index is 12.8. The zero-order chi connectivity index (χ0) is 18.4.